The summed E-state index contributed by atoms with van der Waals surface area (Å²) in [6, 6.07) is 8.81. The van der Waals surface area contributed by atoms with Gasteiger partial charge in [0.05, 0.1) is 5.56 Å². The Bertz CT molecular complexity index is 976. The standard InChI is InChI=1S/C21H16F4O2/c1-2-3-6-26-16-10-18(22)17(19(23)11-16)12-27-15-5-4-13-8-20(24)21(25)9-14(13)7-15/h2-5,7-11H,6,12H2,1H3. The number of rotatable bonds is 6. The van der Waals surface area contributed by atoms with E-state index in [0.29, 0.717) is 10.8 Å². The minimum Gasteiger partial charge on any atom is -0.489 e. The molecule has 0 aromatic heterocycles. The van der Waals surface area contributed by atoms with Crippen molar-refractivity contribution in [2.75, 3.05) is 6.61 Å². The molecule has 3 aromatic carbocycles. The Labute approximate surface area is 153 Å². The van der Waals surface area contributed by atoms with E-state index in [-0.39, 0.29) is 30.3 Å². The van der Waals surface area contributed by atoms with Crippen LogP contribution >= 0.6 is 0 Å². The van der Waals surface area contributed by atoms with Gasteiger partial charge in [-0.15, -0.1) is 0 Å². The summed E-state index contributed by atoms with van der Waals surface area (Å²) < 4.78 is 65.6. The van der Waals surface area contributed by atoms with Gasteiger partial charge in [0.1, 0.15) is 36.3 Å². The maximum absolute atomic E-state index is 14.2. The van der Waals surface area contributed by atoms with Gasteiger partial charge in [0.25, 0.3) is 0 Å². The van der Waals surface area contributed by atoms with Crippen LogP contribution in [-0.2, 0) is 6.61 Å². The molecule has 0 unspecified atom stereocenters. The van der Waals surface area contributed by atoms with Crippen molar-refractivity contribution in [2.45, 2.75) is 13.5 Å². The molecule has 3 aromatic rings. The molecule has 0 saturated heterocycles. The zero-order valence-electron chi connectivity index (χ0n) is 14.4. The first-order chi connectivity index (χ1) is 13.0. The van der Waals surface area contributed by atoms with Gasteiger partial charge in [0.15, 0.2) is 11.6 Å². The number of halogens is 4. The molecule has 2 nitrogen and oxygen atoms in total. The minimum absolute atomic E-state index is 0.0788. The predicted molar refractivity (Wildman–Crippen MR) is 94.9 cm³/mol. The van der Waals surface area contributed by atoms with Gasteiger partial charge < -0.3 is 9.47 Å². The highest BCUT2D eigenvalue weighted by Crippen LogP contribution is 2.26. The molecule has 0 aliphatic rings. The molecule has 140 valence electrons. The van der Waals surface area contributed by atoms with Crippen LogP contribution in [-0.4, -0.2) is 6.61 Å². The molecule has 3 rings (SSSR count). The van der Waals surface area contributed by atoms with Crippen LogP contribution in [0.1, 0.15) is 12.5 Å². The van der Waals surface area contributed by atoms with E-state index in [1.807, 2.05) is 6.92 Å². The zero-order valence-corrected chi connectivity index (χ0v) is 14.4. The largest absolute Gasteiger partial charge is 0.489 e. The van der Waals surface area contributed by atoms with Gasteiger partial charge in [-0.2, -0.15) is 0 Å². The molecule has 0 N–H and O–H groups in total. The van der Waals surface area contributed by atoms with Gasteiger partial charge in [0.2, 0.25) is 0 Å². The van der Waals surface area contributed by atoms with Gasteiger partial charge in [-0.1, -0.05) is 18.2 Å². The van der Waals surface area contributed by atoms with E-state index in [1.165, 1.54) is 18.2 Å². The fourth-order valence-corrected chi connectivity index (χ4v) is 2.51. The van der Waals surface area contributed by atoms with E-state index in [9.17, 15) is 17.6 Å². The quantitative estimate of drug-likeness (QED) is 0.392. The Balaban J connectivity index is 1.76. The fourth-order valence-electron chi connectivity index (χ4n) is 2.51. The molecule has 0 spiro atoms. The Morgan fingerprint density at radius 3 is 2.07 bits per heavy atom. The van der Waals surface area contributed by atoms with Gasteiger partial charge in [-0.3, -0.25) is 0 Å². The van der Waals surface area contributed by atoms with E-state index < -0.39 is 23.3 Å². The number of ether oxygens (including phenoxy) is 2. The molecule has 0 heterocycles. The summed E-state index contributed by atoms with van der Waals surface area (Å²) in [5.41, 5.74) is -0.251. The summed E-state index contributed by atoms with van der Waals surface area (Å²) in [7, 11) is 0. The maximum Gasteiger partial charge on any atom is 0.159 e. The van der Waals surface area contributed by atoms with E-state index in [4.69, 9.17) is 9.47 Å². The second-order valence-corrected chi connectivity index (χ2v) is 5.81. The molecule has 27 heavy (non-hydrogen) atoms. The lowest BCUT2D eigenvalue weighted by atomic mass is 10.1. The molecule has 0 amide bonds. The normalized spacial score (nSPS) is 11.3. The molecule has 0 atom stereocenters. The second-order valence-electron chi connectivity index (χ2n) is 5.81. The van der Waals surface area contributed by atoms with Crippen molar-refractivity contribution < 1.29 is 27.0 Å². The van der Waals surface area contributed by atoms with Gasteiger partial charge in [0, 0.05) is 12.1 Å². The average Bonchev–Trinajstić information content (AvgIpc) is 2.62. The SMILES string of the molecule is CC=CCOc1cc(F)c(COc2ccc3cc(F)c(F)cc3c2)c(F)c1. The van der Waals surface area contributed by atoms with Gasteiger partial charge >= 0.3 is 0 Å². The van der Waals surface area contributed by atoms with Crippen molar-refractivity contribution in [1.29, 1.82) is 0 Å². The molecular weight excluding hydrogens is 360 g/mol. The van der Waals surface area contributed by atoms with Crippen LogP contribution in [0.5, 0.6) is 11.5 Å². The van der Waals surface area contributed by atoms with Crippen molar-refractivity contribution in [1.82, 2.24) is 0 Å². The van der Waals surface area contributed by atoms with E-state index in [1.54, 1.807) is 12.2 Å². The third-order valence-corrected chi connectivity index (χ3v) is 3.93. The molecule has 0 radical (unpaired) electrons. The Kier molecular flexibility index (Phi) is 5.64. The summed E-state index contributed by atoms with van der Waals surface area (Å²) >= 11 is 0. The van der Waals surface area contributed by atoms with Crippen molar-refractivity contribution in [3.63, 3.8) is 0 Å². The minimum atomic E-state index is -0.981. The number of hydrogen-bond donors (Lipinski definition) is 0. The Morgan fingerprint density at radius 2 is 1.41 bits per heavy atom. The summed E-state index contributed by atoms with van der Waals surface area (Å²) in [5, 5.41) is 0.904. The van der Waals surface area contributed by atoms with Crippen molar-refractivity contribution >= 4 is 10.8 Å². The average molecular weight is 376 g/mol. The Morgan fingerprint density at radius 1 is 0.741 bits per heavy atom. The second kappa shape index (κ2) is 8.12. The summed E-state index contributed by atoms with van der Waals surface area (Å²) in [6.07, 6.45) is 3.47. The fraction of sp³-hybridized carbons (Fsp3) is 0.143. The van der Waals surface area contributed by atoms with Crippen LogP contribution in [0, 0.1) is 23.3 Å². The molecule has 0 bridgehead atoms. The van der Waals surface area contributed by atoms with E-state index in [2.05, 4.69) is 0 Å². The molecule has 0 aliphatic heterocycles. The number of hydrogen-bond acceptors (Lipinski definition) is 2. The van der Waals surface area contributed by atoms with Crippen molar-refractivity contribution in [3.8, 4) is 11.5 Å². The van der Waals surface area contributed by atoms with E-state index >= 15 is 0 Å². The van der Waals surface area contributed by atoms with Crippen LogP contribution in [0.2, 0.25) is 0 Å². The number of fused-ring (bicyclic) bond motifs is 1. The summed E-state index contributed by atoms with van der Waals surface area (Å²) in [6.45, 7) is 1.66. The van der Waals surface area contributed by atoms with Crippen molar-refractivity contribution in [2.24, 2.45) is 0 Å². The molecule has 0 saturated carbocycles. The smallest absolute Gasteiger partial charge is 0.159 e. The first-order valence-corrected chi connectivity index (χ1v) is 8.21. The highest BCUT2D eigenvalue weighted by atomic mass is 19.2. The molecule has 0 fully saturated rings. The molecular formula is C21H16F4O2. The maximum atomic E-state index is 14.2. The highest BCUT2D eigenvalue weighted by Gasteiger charge is 2.13. The van der Waals surface area contributed by atoms with Crippen molar-refractivity contribution in [3.05, 3.63) is 83.4 Å². The first kappa shape index (κ1) is 18.8. The summed E-state index contributed by atoms with van der Waals surface area (Å²) in [5.74, 6) is -3.16. The lowest BCUT2D eigenvalue weighted by molar-refractivity contribution is 0.291. The van der Waals surface area contributed by atoms with Crippen LogP contribution in [0.15, 0.2) is 54.6 Å². The molecule has 0 aliphatic carbocycles. The number of allylic oxidation sites excluding steroid dienone is 1. The lowest BCUT2D eigenvalue weighted by Gasteiger charge is -2.11. The van der Waals surface area contributed by atoms with Crippen LogP contribution < -0.4 is 9.47 Å². The third kappa shape index (κ3) is 4.39. The predicted octanol–water partition coefficient (Wildman–Crippen LogP) is 5.93. The Hall–Kier alpha value is -3.02. The van der Waals surface area contributed by atoms with Crippen LogP contribution in [0.25, 0.3) is 10.8 Å². The highest BCUT2D eigenvalue weighted by molar-refractivity contribution is 5.84. The van der Waals surface area contributed by atoms with Gasteiger partial charge in [-0.25, -0.2) is 17.6 Å². The van der Waals surface area contributed by atoms with Crippen LogP contribution in [0.3, 0.4) is 0 Å². The monoisotopic (exact) mass is 376 g/mol. The lowest BCUT2D eigenvalue weighted by Crippen LogP contribution is -2.04. The zero-order chi connectivity index (χ0) is 19.4. The summed E-state index contributed by atoms with van der Waals surface area (Å²) in [4.78, 5) is 0. The first-order valence-electron chi connectivity index (χ1n) is 8.21. The van der Waals surface area contributed by atoms with E-state index in [0.717, 1.165) is 24.3 Å². The third-order valence-electron chi connectivity index (χ3n) is 3.93. The topological polar surface area (TPSA) is 18.5 Å². The molecule has 6 heteroatoms. The van der Waals surface area contributed by atoms with Crippen LogP contribution in [0.4, 0.5) is 17.6 Å². The van der Waals surface area contributed by atoms with Gasteiger partial charge in [-0.05, 0) is 42.0 Å². The number of benzene rings is 3.